The van der Waals surface area contributed by atoms with Gasteiger partial charge in [-0.25, -0.2) is 0 Å². The molecule has 1 aromatic heterocycles. The van der Waals surface area contributed by atoms with Gasteiger partial charge >= 0.3 is 0 Å². The molecule has 0 radical (unpaired) electrons. The maximum atomic E-state index is 13.4. The molecule has 1 saturated heterocycles. The first-order chi connectivity index (χ1) is 15.7. The quantitative estimate of drug-likeness (QED) is 0.619. The van der Waals surface area contributed by atoms with Crippen LogP contribution in [0.5, 0.6) is 5.88 Å². The lowest BCUT2D eigenvalue weighted by Crippen LogP contribution is -2.55. The van der Waals surface area contributed by atoms with Crippen molar-refractivity contribution in [3.8, 4) is 5.88 Å². The van der Waals surface area contributed by atoms with E-state index >= 15 is 0 Å². The van der Waals surface area contributed by atoms with Crippen molar-refractivity contribution in [1.82, 2.24) is 15.8 Å². The topological polar surface area (TPSA) is 76.4 Å². The molecule has 7 rings (SSSR count). The zero-order chi connectivity index (χ0) is 21.5. The fourth-order valence-electron chi connectivity index (χ4n) is 7.40. The predicted octanol–water partition coefficient (Wildman–Crippen LogP) is 4.64. The van der Waals surface area contributed by atoms with Crippen LogP contribution in [0.25, 0.3) is 0 Å². The highest BCUT2D eigenvalue weighted by Gasteiger charge is 2.49. The lowest BCUT2D eigenvalue weighted by Gasteiger charge is -2.54. The summed E-state index contributed by atoms with van der Waals surface area (Å²) in [7, 11) is 0. The van der Waals surface area contributed by atoms with Gasteiger partial charge in [0.15, 0.2) is 0 Å². The molecular weight excluding hydrogens is 422 g/mol. The maximum Gasteiger partial charge on any atom is 0.291 e. The summed E-state index contributed by atoms with van der Waals surface area (Å²) in [6, 6.07) is 0.309. The lowest BCUT2D eigenvalue weighted by molar-refractivity contribution is -0.0124. The highest BCUT2D eigenvalue weighted by molar-refractivity contribution is 8.00. The molecule has 6 aliphatic rings. The van der Waals surface area contributed by atoms with E-state index in [1.165, 1.54) is 57.8 Å². The van der Waals surface area contributed by atoms with Gasteiger partial charge in [0.25, 0.3) is 11.8 Å². The van der Waals surface area contributed by atoms with Crippen LogP contribution in [-0.2, 0) is 0 Å². The second-order valence-corrected chi connectivity index (χ2v) is 12.4. The fraction of sp³-hybridized carbons (Fsp3) is 0.840. The van der Waals surface area contributed by atoms with E-state index in [-0.39, 0.29) is 5.91 Å². The van der Waals surface area contributed by atoms with E-state index in [1.54, 1.807) is 11.8 Å². The summed E-state index contributed by atoms with van der Waals surface area (Å²) in [5.74, 6) is 4.50. The smallest absolute Gasteiger partial charge is 0.291 e. The maximum absolute atomic E-state index is 13.4. The number of thioether (sulfide) groups is 1. The molecule has 1 aliphatic heterocycles. The largest absolute Gasteiger partial charge is 0.474 e. The van der Waals surface area contributed by atoms with E-state index in [9.17, 15) is 4.79 Å². The number of piperidine rings is 1. The third kappa shape index (κ3) is 4.31. The molecule has 0 atom stereocenters. The van der Waals surface area contributed by atoms with Crippen molar-refractivity contribution in [2.45, 2.75) is 86.8 Å². The van der Waals surface area contributed by atoms with Crippen molar-refractivity contribution in [3.63, 3.8) is 0 Å². The Hall–Kier alpha value is -1.21. The number of rotatable bonds is 7. The lowest BCUT2D eigenvalue weighted by atomic mass is 9.54. The Kier molecular flexibility index (Phi) is 6.14. The number of aromatic nitrogens is 1. The van der Waals surface area contributed by atoms with Crippen LogP contribution in [0.4, 0.5) is 0 Å². The van der Waals surface area contributed by atoms with E-state index in [0.717, 1.165) is 42.7 Å². The Morgan fingerprint density at radius 1 is 1.03 bits per heavy atom. The molecule has 5 saturated carbocycles. The normalized spacial score (nSPS) is 34.8. The molecule has 1 amide bonds. The van der Waals surface area contributed by atoms with Crippen molar-refractivity contribution >= 4 is 17.7 Å². The molecule has 32 heavy (non-hydrogen) atoms. The zero-order valence-electron chi connectivity index (χ0n) is 19.0. The molecule has 176 valence electrons. The van der Waals surface area contributed by atoms with E-state index in [1.807, 2.05) is 0 Å². The molecule has 7 heteroatoms. The highest BCUT2D eigenvalue weighted by atomic mass is 32.2. The van der Waals surface area contributed by atoms with Crippen LogP contribution in [0, 0.1) is 29.6 Å². The van der Waals surface area contributed by atoms with Crippen molar-refractivity contribution in [2.75, 3.05) is 19.7 Å². The summed E-state index contributed by atoms with van der Waals surface area (Å²) in [6.45, 7) is 2.76. The van der Waals surface area contributed by atoms with E-state index in [0.29, 0.717) is 47.3 Å². The molecule has 1 aromatic rings. The number of amides is 1. The first kappa shape index (κ1) is 21.3. The second-order valence-electron chi connectivity index (χ2n) is 11.1. The highest BCUT2D eigenvalue weighted by Crippen LogP contribution is 2.54. The minimum absolute atomic E-state index is 0.0767. The SMILES string of the molecule is O=C(NC1C2CC3CC(C2)CC1C3)c1onc(OCC2CCNCC2)c1SC1CCCC1. The van der Waals surface area contributed by atoms with Gasteiger partial charge in [0.2, 0.25) is 5.76 Å². The summed E-state index contributed by atoms with van der Waals surface area (Å²) in [6.07, 6.45) is 13.8. The zero-order valence-corrected chi connectivity index (χ0v) is 19.8. The van der Waals surface area contributed by atoms with Crippen LogP contribution in [0.15, 0.2) is 9.42 Å². The first-order valence-electron chi connectivity index (χ1n) is 13.0. The molecule has 5 aliphatic carbocycles. The standard InChI is InChI=1S/C25H37N3O3S/c29-24(27-21-18-10-16-9-17(12-18)13-19(21)11-16)22-23(32-20-3-1-2-4-20)25(28-31-22)30-14-15-5-7-26-8-6-15/h15-21,26H,1-14H2,(H,27,29). The molecule has 0 unspecified atom stereocenters. The molecule has 2 N–H and O–H groups in total. The summed E-state index contributed by atoms with van der Waals surface area (Å²) < 4.78 is 11.8. The van der Waals surface area contributed by atoms with Crippen molar-refractivity contribution in [1.29, 1.82) is 0 Å². The predicted molar refractivity (Wildman–Crippen MR) is 124 cm³/mol. The van der Waals surface area contributed by atoms with Gasteiger partial charge in [0.05, 0.1) is 6.61 Å². The van der Waals surface area contributed by atoms with Gasteiger partial charge < -0.3 is 19.9 Å². The number of hydrogen-bond acceptors (Lipinski definition) is 6. The van der Waals surface area contributed by atoms with Crippen LogP contribution in [0.2, 0.25) is 0 Å². The van der Waals surface area contributed by atoms with Crippen molar-refractivity contribution in [3.05, 3.63) is 5.76 Å². The summed E-state index contributed by atoms with van der Waals surface area (Å²) >= 11 is 1.76. The van der Waals surface area contributed by atoms with Gasteiger partial charge in [-0.2, -0.15) is 0 Å². The van der Waals surface area contributed by atoms with Gasteiger partial charge in [-0.05, 0) is 106 Å². The fourth-order valence-corrected chi connectivity index (χ4v) is 8.74. The Labute approximate surface area is 195 Å². The van der Waals surface area contributed by atoms with Gasteiger partial charge in [0.1, 0.15) is 4.90 Å². The Morgan fingerprint density at radius 3 is 2.41 bits per heavy atom. The first-order valence-corrected chi connectivity index (χ1v) is 13.9. The monoisotopic (exact) mass is 459 g/mol. The van der Waals surface area contributed by atoms with E-state index in [2.05, 4.69) is 15.8 Å². The summed E-state index contributed by atoms with van der Waals surface area (Å²) in [5, 5.41) is 11.6. The number of nitrogens with one attached hydrogen (secondary N) is 2. The molecule has 6 nitrogen and oxygen atoms in total. The number of hydrogen-bond donors (Lipinski definition) is 2. The molecule has 0 spiro atoms. The van der Waals surface area contributed by atoms with Crippen molar-refractivity contribution in [2.24, 2.45) is 29.6 Å². The number of carbonyl (C=O) groups is 1. The number of ether oxygens (including phenoxy) is 1. The van der Waals surface area contributed by atoms with Gasteiger partial charge in [-0.15, -0.1) is 11.8 Å². The van der Waals surface area contributed by atoms with Crippen LogP contribution >= 0.6 is 11.8 Å². The minimum atomic E-state index is -0.0767. The van der Waals surface area contributed by atoms with Crippen LogP contribution < -0.4 is 15.4 Å². The second kappa shape index (κ2) is 9.21. The van der Waals surface area contributed by atoms with E-state index < -0.39 is 0 Å². The minimum Gasteiger partial charge on any atom is -0.474 e. The van der Waals surface area contributed by atoms with Gasteiger partial charge in [-0.1, -0.05) is 12.8 Å². The van der Waals surface area contributed by atoms with Gasteiger partial charge in [-0.3, -0.25) is 4.79 Å². The number of nitrogens with zero attached hydrogens (tertiary/aromatic N) is 1. The third-order valence-corrected chi connectivity index (χ3v) is 10.3. The Bertz CT molecular complexity index is 787. The third-order valence-electron chi connectivity index (χ3n) is 8.85. The van der Waals surface area contributed by atoms with Crippen molar-refractivity contribution < 1.29 is 14.1 Å². The molecular formula is C25H37N3O3S. The summed E-state index contributed by atoms with van der Waals surface area (Å²) in [4.78, 5) is 14.3. The van der Waals surface area contributed by atoms with Crippen LogP contribution in [-0.4, -0.2) is 42.1 Å². The Morgan fingerprint density at radius 2 is 1.72 bits per heavy atom. The van der Waals surface area contributed by atoms with Crippen LogP contribution in [0.1, 0.15) is 81.2 Å². The average molecular weight is 460 g/mol. The summed E-state index contributed by atoms with van der Waals surface area (Å²) in [5.41, 5.74) is 0. The average Bonchev–Trinajstić information content (AvgIpc) is 3.45. The molecule has 6 fully saturated rings. The van der Waals surface area contributed by atoms with Crippen LogP contribution in [0.3, 0.4) is 0 Å². The van der Waals surface area contributed by atoms with Gasteiger partial charge in [0, 0.05) is 11.3 Å². The Balaban J connectivity index is 1.17. The molecule has 2 heterocycles. The molecule has 4 bridgehead atoms. The number of carbonyl (C=O) groups excluding carboxylic acids is 1. The molecule has 0 aromatic carbocycles. The van der Waals surface area contributed by atoms with E-state index in [4.69, 9.17) is 9.26 Å².